The van der Waals surface area contributed by atoms with Crippen LogP contribution < -0.4 is 5.73 Å². The summed E-state index contributed by atoms with van der Waals surface area (Å²) in [6.07, 6.45) is 2.56. The van der Waals surface area contributed by atoms with E-state index in [-0.39, 0.29) is 11.9 Å². The highest BCUT2D eigenvalue weighted by molar-refractivity contribution is 5.78. The Kier molecular flexibility index (Phi) is 3.57. The number of amides is 1. The molecule has 1 fully saturated rings. The van der Waals surface area contributed by atoms with Gasteiger partial charge < -0.3 is 10.6 Å². The lowest BCUT2D eigenvalue weighted by Crippen LogP contribution is -2.46. The van der Waals surface area contributed by atoms with Gasteiger partial charge in [-0.05, 0) is 18.4 Å². The highest BCUT2D eigenvalue weighted by atomic mass is 16.2. The van der Waals surface area contributed by atoms with Gasteiger partial charge in [-0.15, -0.1) is 0 Å². The van der Waals surface area contributed by atoms with Gasteiger partial charge in [0.1, 0.15) is 0 Å². The van der Waals surface area contributed by atoms with E-state index in [1.807, 2.05) is 35.2 Å². The van der Waals surface area contributed by atoms with Crippen LogP contribution in [0.3, 0.4) is 0 Å². The van der Waals surface area contributed by atoms with Crippen LogP contribution in [0, 0.1) is 0 Å². The Labute approximate surface area is 96.2 Å². The largest absolute Gasteiger partial charge is 0.341 e. The fourth-order valence-corrected chi connectivity index (χ4v) is 2.12. The first kappa shape index (κ1) is 11.1. The summed E-state index contributed by atoms with van der Waals surface area (Å²) in [4.78, 5) is 13.9. The third-order valence-electron chi connectivity index (χ3n) is 3.01. The van der Waals surface area contributed by atoms with Crippen LogP contribution in [0.4, 0.5) is 0 Å². The number of nitrogens with zero attached hydrogens (tertiary/aromatic N) is 1. The minimum Gasteiger partial charge on any atom is -0.341 e. The first-order valence-corrected chi connectivity index (χ1v) is 5.83. The zero-order valence-electron chi connectivity index (χ0n) is 9.43. The summed E-state index contributed by atoms with van der Waals surface area (Å²) in [5.74, 6) is 0.196. The predicted molar refractivity (Wildman–Crippen MR) is 63.9 cm³/mol. The molecule has 1 saturated heterocycles. The van der Waals surface area contributed by atoms with Gasteiger partial charge in [0.15, 0.2) is 0 Å². The van der Waals surface area contributed by atoms with Gasteiger partial charge in [-0.25, -0.2) is 0 Å². The summed E-state index contributed by atoms with van der Waals surface area (Å²) in [6, 6.07) is 10.0. The van der Waals surface area contributed by atoms with Gasteiger partial charge in [0.2, 0.25) is 5.91 Å². The molecule has 3 heteroatoms. The number of likely N-dealkylation sites (tertiary alicyclic amines) is 1. The highest BCUT2D eigenvalue weighted by Crippen LogP contribution is 2.10. The van der Waals surface area contributed by atoms with Gasteiger partial charge in [0.25, 0.3) is 0 Å². The second-order valence-electron chi connectivity index (χ2n) is 4.40. The summed E-state index contributed by atoms with van der Waals surface area (Å²) in [5, 5.41) is 0. The molecule has 0 saturated carbocycles. The molecule has 1 amide bonds. The second kappa shape index (κ2) is 5.12. The highest BCUT2D eigenvalue weighted by Gasteiger charge is 2.20. The maximum atomic E-state index is 12.0. The number of hydrogen-bond acceptors (Lipinski definition) is 2. The van der Waals surface area contributed by atoms with E-state index in [4.69, 9.17) is 5.73 Å². The van der Waals surface area contributed by atoms with Gasteiger partial charge in [-0.3, -0.25) is 4.79 Å². The molecule has 16 heavy (non-hydrogen) atoms. The first-order chi connectivity index (χ1) is 7.75. The van der Waals surface area contributed by atoms with Crippen LogP contribution in [0.15, 0.2) is 30.3 Å². The Balaban J connectivity index is 1.93. The molecule has 1 atom stereocenters. The number of benzene rings is 1. The summed E-state index contributed by atoms with van der Waals surface area (Å²) in [6.45, 7) is 1.57. The molecule has 1 aliphatic heterocycles. The smallest absolute Gasteiger partial charge is 0.227 e. The van der Waals surface area contributed by atoms with Crippen molar-refractivity contribution in [1.82, 2.24) is 4.90 Å². The third kappa shape index (κ3) is 2.83. The van der Waals surface area contributed by atoms with Gasteiger partial charge >= 0.3 is 0 Å². The van der Waals surface area contributed by atoms with E-state index in [0.29, 0.717) is 13.0 Å². The molecule has 0 unspecified atom stereocenters. The second-order valence-corrected chi connectivity index (χ2v) is 4.40. The number of piperidine rings is 1. The quantitative estimate of drug-likeness (QED) is 0.810. The molecule has 1 aromatic rings. The Morgan fingerprint density at radius 1 is 1.38 bits per heavy atom. The van der Waals surface area contributed by atoms with Gasteiger partial charge in [-0.2, -0.15) is 0 Å². The summed E-state index contributed by atoms with van der Waals surface area (Å²) in [5.41, 5.74) is 6.94. The monoisotopic (exact) mass is 218 g/mol. The van der Waals surface area contributed by atoms with Crippen LogP contribution in [0.2, 0.25) is 0 Å². The molecular formula is C13H18N2O. The normalized spacial score (nSPS) is 20.8. The maximum Gasteiger partial charge on any atom is 0.227 e. The molecule has 1 aromatic carbocycles. The van der Waals surface area contributed by atoms with E-state index in [1.165, 1.54) is 0 Å². The Morgan fingerprint density at radius 2 is 2.12 bits per heavy atom. The van der Waals surface area contributed by atoms with Crippen molar-refractivity contribution in [2.24, 2.45) is 5.73 Å². The molecule has 0 radical (unpaired) electrons. The number of nitrogens with two attached hydrogens (primary N) is 1. The van der Waals surface area contributed by atoms with Gasteiger partial charge in [0, 0.05) is 19.1 Å². The number of rotatable bonds is 2. The summed E-state index contributed by atoms with van der Waals surface area (Å²) < 4.78 is 0. The zero-order valence-corrected chi connectivity index (χ0v) is 9.43. The number of carbonyl (C=O) groups is 1. The van der Waals surface area contributed by atoms with Crippen LogP contribution >= 0.6 is 0 Å². The van der Waals surface area contributed by atoms with Crippen molar-refractivity contribution in [2.75, 3.05) is 13.1 Å². The van der Waals surface area contributed by atoms with Crippen molar-refractivity contribution in [3.8, 4) is 0 Å². The maximum absolute atomic E-state index is 12.0. The molecule has 1 heterocycles. The Bertz CT molecular complexity index is 350. The first-order valence-electron chi connectivity index (χ1n) is 5.83. The van der Waals surface area contributed by atoms with E-state index in [2.05, 4.69) is 0 Å². The van der Waals surface area contributed by atoms with E-state index in [1.54, 1.807) is 0 Å². The molecule has 3 nitrogen and oxygen atoms in total. The van der Waals surface area contributed by atoms with Crippen LogP contribution in [0.1, 0.15) is 18.4 Å². The number of carbonyl (C=O) groups excluding carboxylic acids is 1. The topological polar surface area (TPSA) is 46.3 Å². The average Bonchev–Trinajstić information content (AvgIpc) is 2.30. The van der Waals surface area contributed by atoms with E-state index >= 15 is 0 Å². The lowest BCUT2D eigenvalue weighted by atomic mass is 10.1. The minimum atomic E-state index is 0.161. The third-order valence-corrected chi connectivity index (χ3v) is 3.01. The number of hydrogen-bond donors (Lipinski definition) is 1. The average molecular weight is 218 g/mol. The molecule has 0 aliphatic carbocycles. The molecule has 86 valence electrons. The fraction of sp³-hybridized carbons (Fsp3) is 0.462. The van der Waals surface area contributed by atoms with Crippen molar-refractivity contribution in [1.29, 1.82) is 0 Å². The molecule has 0 bridgehead atoms. The van der Waals surface area contributed by atoms with Crippen molar-refractivity contribution in [3.63, 3.8) is 0 Å². The van der Waals surface area contributed by atoms with Crippen molar-refractivity contribution in [3.05, 3.63) is 35.9 Å². The van der Waals surface area contributed by atoms with Crippen molar-refractivity contribution >= 4 is 5.91 Å². The molecule has 2 rings (SSSR count). The summed E-state index contributed by atoms with van der Waals surface area (Å²) in [7, 11) is 0. The van der Waals surface area contributed by atoms with Gasteiger partial charge in [-0.1, -0.05) is 30.3 Å². The van der Waals surface area contributed by atoms with Crippen LogP contribution in [0.25, 0.3) is 0 Å². The fourth-order valence-electron chi connectivity index (χ4n) is 2.12. The standard InChI is InChI=1S/C13H18N2O/c14-12-7-4-8-15(10-12)13(16)9-11-5-2-1-3-6-11/h1-3,5-6,12H,4,7-10,14H2/t12-/m1/s1. The molecular weight excluding hydrogens is 200 g/mol. The van der Waals surface area contributed by atoms with E-state index < -0.39 is 0 Å². The SMILES string of the molecule is N[C@@H]1CCCN(C(=O)Cc2ccccc2)C1. The molecule has 2 N–H and O–H groups in total. The molecule has 0 spiro atoms. The summed E-state index contributed by atoms with van der Waals surface area (Å²) >= 11 is 0. The lowest BCUT2D eigenvalue weighted by Gasteiger charge is -2.30. The lowest BCUT2D eigenvalue weighted by molar-refractivity contribution is -0.131. The predicted octanol–water partition coefficient (Wildman–Crippen LogP) is 1.18. The Hall–Kier alpha value is -1.35. The van der Waals surface area contributed by atoms with E-state index in [9.17, 15) is 4.79 Å². The van der Waals surface area contributed by atoms with Crippen LogP contribution in [-0.2, 0) is 11.2 Å². The van der Waals surface area contributed by atoms with Crippen LogP contribution in [-0.4, -0.2) is 29.9 Å². The minimum absolute atomic E-state index is 0.161. The van der Waals surface area contributed by atoms with Crippen molar-refractivity contribution in [2.45, 2.75) is 25.3 Å². The zero-order chi connectivity index (χ0) is 11.4. The van der Waals surface area contributed by atoms with E-state index in [0.717, 1.165) is 24.9 Å². The Morgan fingerprint density at radius 3 is 2.81 bits per heavy atom. The molecule has 1 aliphatic rings. The van der Waals surface area contributed by atoms with Crippen molar-refractivity contribution < 1.29 is 4.79 Å². The molecule has 0 aromatic heterocycles. The van der Waals surface area contributed by atoms with Gasteiger partial charge in [0.05, 0.1) is 6.42 Å². The van der Waals surface area contributed by atoms with Crippen LogP contribution in [0.5, 0.6) is 0 Å².